The zero-order valence-electron chi connectivity index (χ0n) is 5.00. The van der Waals surface area contributed by atoms with Crippen LogP contribution < -0.4 is 5.14 Å². The lowest BCUT2D eigenvalue weighted by atomic mass is 10.2. The Balaban J connectivity index is 2.39. The van der Waals surface area contributed by atoms with Crippen LogP contribution in [0.4, 0.5) is 0 Å². The molecule has 0 aromatic rings. The minimum atomic E-state index is -0.112. The molecule has 4 heteroatoms. The maximum atomic E-state index is 10.8. The summed E-state index contributed by atoms with van der Waals surface area (Å²) < 4.78 is 5.02. The van der Waals surface area contributed by atoms with Crippen molar-refractivity contribution >= 4 is 17.7 Å². The molecular weight excluding hydrogens is 138 g/mol. The first-order valence-corrected chi connectivity index (χ1v) is 3.75. The van der Waals surface area contributed by atoms with Crippen LogP contribution in [0.15, 0.2) is 0 Å². The summed E-state index contributed by atoms with van der Waals surface area (Å²) in [6, 6.07) is 0. The summed E-state index contributed by atoms with van der Waals surface area (Å²) >= 11 is 1.08. The fourth-order valence-electron chi connectivity index (χ4n) is 0.732. The molecule has 1 atom stereocenters. The molecule has 2 N–H and O–H groups in total. The first-order valence-electron chi connectivity index (χ1n) is 2.80. The lowest BCUT2D eigenvalue weighted by Crippen LogP contribution is -2.30. The summed E-state index contributed by atoms with van der Waals surface area (Å²) in [5, 5.41) is 5.10. The van der Waals surface area contributed by atoms with Gasteiger partial charge < -0.3 is 4.74 Å². The smallest absolute Gasteiger partial charge is 0.151 e. The predicted molar refractivity (Wildman–Crippen MR) is 36.0 cm³/mol. The highest BCUT2D eigenvalue weighted by molar-refractivity contribution is 7.98. The molecular formula is C5H9NO2S. The number of carbonyl (C=O) groups excluding carboxylic acids is 1. The van der Waals surface area contributed by atoms with Gasteiger partial charge in [0.25, 0.3) is 0 Å². The Bertz CT molecular complexity index is 118. The molecule has 3 nitrogen and oxygen atoms in total. The number of hydrogen-bond acceptors (Lipinski definition) is 4. The van der Waals surface area contributed by atoms with E-state index in [2.05, 4.69) is 0 Å². The number of nitrogens with two attached hydrogens (primary N) is 1. The second-order valence-corrected chi connectivity index (χ2v) is 2.76. The molecule has 1 fully saturated rings. The van der Waals surface area contributed by atoms with Gasteiger partial charge in [-0.15, -0.1) is 0 Å². The first kappa shape index (κ1) is 7.05. The van der Waals surface area contributed by atoms with Crippen molar-refractivity contribution in [2.75, 3.05) is 13.2 Å². The third-order valence-corrected chi connectivity index (χ3v) is 2.01. The molecule has 0 aromatic heterocycles. The van der Waals surface area contributed by atoms with E-state index < -0.39 is 0 Å². The Labute approximate surface area is 58.1 Å². The Kier molecular flexibility index (Phi) is 2.50. The van der Waals surface area contributed by atoms with E-state index in [9.17, 15) is 4.79 Å². The van der Waals surface area contributed by atoms with Gasteiger partial charge in [-0.1, -0.05) is 11.9 Å². The molecule has 0 bridgehead atoms. The van der Waals surface area contributed by atoms with Crippen molar-refractivity contribution in [2.45, 2.75) is 11.7 Å². The number of rotatable bonds is 1. The van der Waals surface area contributed by atoms with Gasteiger partial charge in [0.15, 0.2) is 5.78 Å². The van der Waals surface area contributed by atoms with Crippen molar-refractivity contribution in [3.05, 3.63) is 0 Å². The monoisotopic (exact) mass is 147 g/mol. The number of hydrogen-bond donors (Lipinski definition) is 1. The highest BCUT2D eigenvalue weighted by Crippen LogP contribution is 2.11. The third-order valence-electron chi connectivity index (χ3n) is 1.29. The van der Waals surface area contributed by atoms with Gasteiger partial charge in [-0.05, 0) is 0 Å². The minimum absolute atomic E-state index is 0.112. The Morgan fingerprint density at radius 2 is 2.56 bits per heavy atom. The van der Waals surface area contributed by atoms with E-state index >= 15 is 0 Å². The van der Waals surface area contributed by atoms with Gasteiger partial charge in [-0.3, -0.25) is 9.93 Å². The van der Waals surface area contributed by atoms with Crippen LogP contribution >= 0.6 is 11.9 Å². The van der Waals surface area contributed by atoms with E-state index in [1.165, 1.54) is 0 Å². The highest BCUT2D eigenvalue weighted by atomic mass is 32.2. The third kappa shape index (κ3) is 1.67. The van der Waals surface area contributed by atoms with Gasteiger partial charge in [0, 0.05) is 6.42 Å². The lowest BCUT2D eigenvalue weighted by Gasteiger charge is -2.17. The fraction of sp³-hybridized carbons (Fsp3) is 0.800. The molecule has 0 radical (unpaired) electrons. The summed E-state index contributed by atoms with van der Waals surface area (Å²) in [6.07, 6.45) is 0.523. The largest absolute Gasteiger partial charge is 0.379 e. The SMILES string of the molecule is NSC1COCCC1=O. The fourth-order valence-corrected chi connectivity index (χ4v) is 1.18. The molecule has 1 rings (SSSR count). The molecule has 0 amide bonds. The zero-order chi connectivity index (χ0) is 6.69. The number of carbonyl (C=O) groups is 1. The molecule has 1 saturated heterocycles. The molecule has 0 spiro atoms. The van der Waals surface area contributed by atoms with Gasteiger partial charge in [0.05, 0.1) is 13.2 Å². The van der Waals surface area contributed by atoms with Crippen molar-refractivity contribution in [3.63, 3.8) is 0 Å². The van der Waals surface area contributed by atoms with E-state index in [-0.39, 0.29) is 11.0 Å². The number of ether oxygens (including phenoxy) is 1. The molecule has 1 aliphatic heterocycles. The van der Waals surface area contributed by atoms with Crippen LogP contribution in [0, 0.1) is 0 Å². The second kappa shape index (κ2) is 3.20. The maximum Gasteiger partial charge on any atom is 0.151 e. The van der Waals surface area contributed by atoms with Crippen molar-refractivity contribution in [1.29, 1.82) is 0 Å². The molecule has 9 heavy (non-hydrogen) atoms. The van der Waals surface area contributed by atoms with Crippen molar-refractivity contribution < 1.29 is 9.53 Å². The zero-order valence-corrected chi connectivity index (χ0v) is 5.82. The summed E-state index contributed by atoms with van der Waals surface area (Å²) in [5.41, 5.74) is 0. The number of Topliss-reactive ketones (excluding diaryl/α,β-unsaturated/α-hetero) is 1. The summed E-state index contributed by atoms with van der Waals surface area (Å²) in [7, 11) is 0. The molecule has 1 aliphatic rings. The molecule has 0 aliphatic carbocycles. The quantitative estimate of drug-likeness (QED) is 0.528. The predicted octanol–water partition coefficient (Wildman–Crippen LogP) is -0.0487. The minimum Gasteiger partial charge on any atom is -0.379 e. The molecule has 1 heterocycles. The van der Waals surface area contributed by atoms with E-state index in [0.29, 0.717) is 19.6 Å². The van der Waals surface area contributed by atoms with E-state index in [1.54, 1.807) is 0 Å². The maximum absolute atomic E-state index is 10.8. The second-order valence-electron chi connectivity index (χ2n) is 1.92. The van der Waals surface area contributed by atoms with Gasteiger partial charge in [0.1, 0.15) is 5.25 Å². The summed E-state index contributed by atoms with van der Waals surface area (Å²) in [6.45, 7) is 1.05. The van der Waals surface area contributed by atoms with Crippen molar-refractivity contribution in [3.8, 4) is 0 Å². The van der Waals surface area contributed by atoms with Gasteiger partial charge in [-0.25, -0.2) is 0 Å². The van der Waals surface area contributed by atoms with E-state index in [0.717, 1.165) is 11.9 Å². The van der Waals surface area contributed by atoms with Crippen LogP contribution in [0.5, 0.6) is 0 Å². The van der Waals surface area contributed by atoms with Gasteiger partial charge in [0.2, 0.25) is 0 Å². The normalized spacial score (nSPS) is 28.6. The van der Waals surface area contributed by atoms with E-state index in [1.807, 2.05) is 0 Å². The van der Waals surface area contributed by atoms with Crippen LogP contribution in [0.3, 0.4) is 0 Å². The number of ketones is 1. The van der Waals surface area contributed by atoms with Crippen LogP contribution in [0.1, 0.15) is 6.42 Å². The lowest BCUT2D eigenvalue weighted by molar-refractivity contribution is -0.123. The highest BCUT2D eigenvalue weighted by Gasteiger charge is 2.21. The molecule has 0 aromatic carbocycles. The molecule has 52 valence electrons. The standard InChI is InChI=1S/C5H9NO2S/c6-9-5-3-8-2-1-4(5)7/h5H,1-3,6H2. The molecule has 0 saturated carbocycles. The molecule has 1 unspecified atom stereocenters. The summed E-state index contributed by atoms with van der Waals surface area (Å²) in [4.78, 5) is 10.8. The van der Waals surface area contributed by atoms with E-state index in [4.69, 9.17) is 9.88 Å². The summed E-state index contributed by atoms with van der Waals surface area (Å²) in [5.74, 6) is 0.216. The first-order chi connectivity index (χ1) is 4.34. The average molecular weight is 147 g/mol. The topological polar surface area (TPSA) is 52.3 Å². The average Bonchev–Trinajstić information content (AvgIpc) is 1.89. The Hall–Kier alpha value is -0.0600. The van der Waals surface area contributed by atoms with Crippen LogP contribution in [-0.2, 0) is 9.53 Å². The van der Waals surface area contributed by atoms with Gasteiger partial charge in [-0.2, -0.15) is 0 Å². The van der Waals surface area contributed by atoms with Crippen molar-refractivity contribution in [1.82, 2.24) is 0 Å². The Morgan fingerprint density at radius 1 is 1.78 bits per heavy atom. The van der Waals surface area contributed by atoms with Crippen LogP contribution in [-0.4, -0.2) is 24.2 Å². The van der Waals surface area contributed by atoms with Gasteiger partial charge >= 0.3 is 0 Å². The van der Waals surface area contributed by atoms with Crippen LogP contribution in [0.2, 0.25) is 0 Å². The Morgan fingerprint density at radius 3 is 3.00 bits per heavy atom. The van der Waals surface area contributed by atoms with Crippen LogP contribution in [0.25, 0.3) is 0 Å². The van der Waals surface area contributed by atoms with Crippen molar-refractivity contribution in [2.24, 2.45) is 5.14 Å².